The van der Waals surface area contributed by atoms with Crippen LogP contribution in [0, 0.1) is 0 Å². The van der Waals surface area contributed by atoms with Crippen LogP contribution < -0.4 is 0 Å². The maximum absolute atomic E-state index is 11.7. The van der Waals surface area contributed by atoms with Gasteiger partial charge in [-0.15, -0.1) is 0 Å². The van der Waals surface area contributed by atoms with Crippen LogP contribution >= 0.6 is 0 Å². The molecule has 0 aromatic heterocycles. The molecule has 0 bridgehead atoms. The molecule has 2 aliphatic rings. The lowest BCUT2D eigenvalue weighted by atomic mass is 9.96. The average molecular weight is 533 g/mol. The molecule has 2 rings (SSSR count). The minimum Gasteiger partial charge on any atom is -0.463 e. The van der Waals surface area contributed by atoms with Gasteiger partial charge in [0.25, 0.3) is 0 Å². The van der Waals surface area contributed by atoms with Crippen LogP contribution in [0.3, 0.4) is 0 Å². The quantitative estimate of drug-likeness (QED) is 0.290. The summed E-state index contributed by atoms with van der Waals surface area (Å²) in [6.45, 7) is 7.79. The molecule has 2 saturated heterocycles. The van der Waals surface area contributed by atoms with Crippen molar-refractivity contribution in [3.8, 4) is 0 Å². The number of rotatable bonds is 10. The topological polar surface area (TPSA) is 159 Å². The first-order chi connectivity index (χ1) is 17.3. The van der Waals surface area contributed by atoms with Crippen molar-refractivity contribution in [1.82, 2.24) is 0 Å². The van der Waals surface area contributed by atoms with Gasteiger partial charge in [0.05, 0.1) is 12.7 Å². The van der Waals surface area contributed by atoms with E-state index < -0.39 is 72.8 Å². The van der Waals surface area contributed by atoms with E-state index in [1.807, 2.05) is 6.92 Å². The third-order valence-corrected chi connectivity index (χ3v) is 5.58. The molecule has 0 spiro atoms. The Balaban J connectivity index is 2.10. The molecule has 0 radical (unpaired) electrons. The second-order valence-corrected chi connectivity index (χ2v) is 8.97. The van der Waals surface area contributed by atoms with Crippen molar-refractivity contribution in [3.05, 3.63) is 0 Å². The number of hydrogen-bond acceptors (Lipinski definition) is 13. The Hall–Kier alpha value is -2.77. The minimum atomic E-state index is -1.01. The highest BCUT2D eigenvalue weighted by Crippen LogP contribution is 2.30. The Kier molecular flexibility index (Phi) is 11.7. The van der Waals surface area contributed by atoms with E-state index >= 15 is 0 Å². The van der Waals surface area contributed by atoms with Crippen LogP contribution in [0.5, 0.6) is 0 Å². The van der Waals surface area contributed by atoms with E-state index in [-0.39, 0.29) is 32.2 Å². The summed E-state index contributed by atoms with van der Waals surface area (Å²) in [6.07, 6.45) is -5.53. The zero-order valence-electron chi connectivity index (χ0n) is 22.0. The predicted molar refractivity (Wildman–Crippen MR) is 122 cm³/mol. The number of carbonyl (C=O) groups excluding carboxylic acids is 5. The number of esters is 5. The highest BCUT2D eigenvalue weighted by molar-refractivity contribution is 5.68. The summed E-state index contributed by atoms with van der Waals surface area (Å²) >= 11 is 0. The lowest BCUT2D eigenvalue weighted by molar-refractivity contribution is -0.269. The van der Waals surface area contributed by atoms with Gasteiger partial charge in [0.2, 0.25) is 0 Å². The van der Waals surface area contributed by atoms with E-state index in [1.165, 1.54) is 34.6 Å². The molecule has 0 N–H and O–H groups in total. The van der Waals surface area contributed by atoms with E-state index in [9.17, 15) is 24.0 Å². The van der Waals surface area contributed by atoms with Crippen molar-refractivity contribution in [2.75, 3.05) is 13.2 Å². The molecule has 13 heteroatoms. The summed E-state index contributed by atoms with van der Waals surface area (Å²) in [5.74, 6) is -2.84. The second kappa shape index (κ2) is 14.2. The van der Waals surface area contributed by atoms with Gasteiger partial charge >= 0.3 is 29.8 Å². The van der Waals surface area contributed by atoms with Crippen molar-refractivity contribution in [2.24, 2.45) is 0 Å². The van der Waals surface area contributed by atoms with Crippen LogP contribution in [0.15, 0.2) is 0 Å². The second-order valence-electron chi connectivity index (χ2n) is 8.97. The highest BCUT2D eigenvalue weighted by Gasteiger charge is 2.45. The van der Waals surface area contributed by atoms with Crippen molar-refractivity contribution >= 4 is 29.8 Å². The molecule has 0 aromatic carbocycles. The lowest BCUT2D eigenvalue weighted by Crippen LogP contribution is -2.54. The van der Waals surface area contributed by atoms with Crippen molar-refractivity contribution in [3.63, 3.8) is 0 Å². The van der Waals surface area contributed by atoms with Crippen LogP contribution in [-0.4, -0.2) is 92.1 Å². The third-order valence-electron chi connectivity index (χ3n) is 5.58. The highest BCUT2D eigenvalue weighted by atomic mass is 16.7. The van der Waals surface area contributed by atoms with Gasteiger partial charge < -0.3 is 37.9 Å². The Morgan fingerprint density at radius 1 is 0.676 bits per heavy atom. The molecule has 37 heavy (non-hydrogen) atoms. The van der Waals surface area contributed by atoms with Crippen LogP contribution in [0.2, 0.25) is 0 Å². The lowest BCUT2D eigenvalue weighted by Gasteiger charge is -2.41. The number of ether oxygens (including phenoxy) is 8. The van der Waals surface area contributed by atoms with Crippen LogP contribution in [0.25, 0.3) is 0 Å². The SMILES string of the molecule is CC(=O)OC[C@H]1O[C@@H](OCC[C@H]2O[C@@H](C)C[C@@H](OC(C)=O)[C@H]2OC(C)=O)C[C@@H](OC(C)=O)[C@H]1OC(C)=O. The molecule has 13 nitrogen and oxygen atoms in total. The number of hydrogen-bond donors (Lipinski definition) is 0. The third kappa shape index (κ3) is 10.3. The molecule has 0 saturated carbocycles. The first-order valence-electron chi connectivity index (χ1n) is 12.1. The molecule has 2 fully saturated rings. The number of carbonyl (C=O) groups is 5. The van der Waals surface area contributed by atoms with Gasteiger partial charge in [0, 0.05) is 53.9 Å². The van der Waals surface area contributed by atoms with Gasteiger partial charge in [-0.3, -0.25) is 24.0 Å². The Labute approximate surface area is 215 Å². The molecule has 210 valence electrons. The van der Waals surface area contributed by atoms with E-state index in [4.69, 9.17) is 37.9 Å². The molecule has 0 unspecified atom stereocenters. The maximum atomic E-state index is 11.7. The van der Waals surface area contributed by atoms with E-state index in [1.54, 1.807) is 0 Å². The van der Waals surface area contributed by atoms with Crippen molar-refractivity contribution in [1.29, 1.82) is 0 Å². The van der Waals surface area contributed by atoms with Crippen LogP contribution in [0.4, 0.5) is 0 Å². The Bertz CT molecular complexity index is 827. The summed E-state index contributed by atoms with van der Waals surface area (Å²) < 4.78 is 44.2. The summed E-state index contributed by atoms with van der Waals surface area (Å²) in [5.41, 5.74) is 0. The maximum Gasteiger partial charge on any atom is 0.303 e. The van der Waals surface area contributed by atoms with Crippen molar-refractivity contribution < 1.29 is 61.9 Å². The van der Waals surface area contributed by atoms with Crippen molar-refractivity contribution in [2.45, 2.75) is 110 Å². The van der Waals surface area contributed by atoms with Gasteiger partial charge in [0.1, 0.15) is 31.0 Å². The minimum absolute atomic E-state index is 0.0411. The van der Waals surface area contributed by atoms with E-state index in [0.717, 1.165) is 0 Å². The summed E-state index contributed by atoms with van der Waals surface area (Å²) in [5, 5.41) is 0. The zero-order chi connectivity index (χ0) is 27.7. The van der Waals surface area contributed by atoms with Gasteiger partial charge in [-0.05, 0) is 6.92 Å². The largest absolute Gasteiger partial charge is 0.463 e. The summed E-state index contributed by atoms with van der Waals surface area (Å²) in [4.78, 5) is 57.9. The van der Waals surface area contributed by atoms with Gasteiger partial charge in [-0.1, -0.05) is 0 Å². The summed E-state index contributed by atoms with van der Waals surface area (Å²) in [7, 11) is 0. The zero-order valence-corrected chi connectivity index (χ0v) is 22.0. The Morgan fingerprint density at radius 2 is 1.19 bits per heavy atom. The van der Waals surface area contributed by atoms with Crippen LogP contribution in [0.1, 0.15) is 60.8 Å². The molecule has 2 heterocycles. The van der Waals surface area contributed by atoms with Crippen LogP contribution in [-0.2, 0) is 61.9 Å². The summed E-state index contributed by atoms with van der Waals surface area (Å²) in [6, 6.07) is 0. The standard InChI is InChI=1S/C24H36O13/c1-12-9-19(33-14(3)26)23(35-16(5)28)18(32-12)7-8-30-22-10-20(34-15(4)27)24(36-17(6)29)21(37-22)11-31-13(2)25/h12,18-24H,7-11H2,1-6H3/t12-,18+,19+,20+,21+,22+,23-,24+/m0/s1. The van der Waals surface area contributed by atoms with E-state index in [2.05, 4.69) is 0 Å². The fourth-order valence-corrected chi connectivity index (χ4v) is 4.36. The van der Waals surface area contributed by atoms with Gasteiger partial charge in [0.15, 0.2) is 18.5 Å². The molecule has 0 amide bonds. The molecule has 2 aliphatic heterocycles. The molecule has 0 aromatic rings. The first-order valence-corrected chi connectivity index (χ1v) is 12.1. The Morgan fingerprint density at radius 3 is 1.70 bits per heavy atom. The predicted octanol–water partition coefficient (Wildman–Crippen LogP) is 0.975. The fraction of sp³-hybridized carbons (Fsp3) is 0.792. The van der Waals surface area contributed by atoms with Gasteiger partial charge in [-0.25, -0.2) is 0 Å². The fourth-order valence-electron chi connectivity index (χ4n) is 4.36. The normalized spacial score (nSPS) is 31.5. The molecule has 0 aliphatic carbocycles. The van der Waals surface area contributed by atoms with Gasteiger partial charge in [-0.2, -0.15) is 0 Å². The monoisotopic (exact) mass is 532 g/mol. The molecular weight excluding hydrogens is 496 g/mol. The smallest absolute Gasteiger partial charge is 0.303 e. The van der Waals surface area contributed by atoms with E-state index in [0.29, 0.717) is 6.42 Å². The first kappa shape index (κ1) is 30.5. The molecular formula is C24H36O13. The molecule has 8 atom stereocenters. The average Bonchev–Trinajstić information content (AvgIpc) is 2.75.